The Morgan fingerprint density at radius 1 is 1.12 bits per heavy atom. The molecular formula is C19H22FNO2S. The Labute approximate surface area is 144 Å². The van der Waals surface area contributed by atoms with E-state index in [4.69, 9.17) is 0 Å². The lowest BCUT2D eigenvalue weighted by Crippen LogP contribution is -2.28. The van der Waals surface area contributed by atoms with E-state index in [1.54, 1.807) is 12.1 Å². The zero-order chi connectivity index (χ0) is 17.4. The number of carbonyl (C=O) groups excluding carboxylic acids is 1. The third-order valence-electron chi connectivity index (χ3n) is 3.75. The second-order valence-corrected chi connectivity index (χ2v) is 7.36. The molecule has 0 aliphatic rings. The topological polar surface area (TPSA) is 46.2 Å². The molecule has 2 atom stereocenters. The van der Waals surface area contributed by atoms with Crippen LogP contribution in [-0.2, 0) is 21.3 Å². The number of amides is 1. The van der Waals surface area contributed by atoms with Gasteiger partial charge in [0.15, 0.2) is 0 Å². The van der Waals surface area contributed by atoms with Crippen molar-refractivity contribution >= 4 is 16.7 Å². The van der Waals surface area contributed by atoms with Crippen LogP contribution < -0.4 is 5.32 Å². The molecule has 0 aromatic heterocycles. The van der Waals surface area contributed by atoms with Crippen LogP contribution in [0.2, 0.25) is 0 Å². The van der Waals surface area contributed by atoms with Crippen molar-refractivity contribution in [3.05, 3.63) is 71.5 Å². The Bertz CT molecular complexity index is 674. The van der Waals surface area contributed by atoms with Gasteiger partial charge in [-0.25, -0.2) is 4.39 Å². The van der Waals surface area contributed by atoms with Gasteiger partial charge in [-0.2, -0.15) is 0 Å². The van der Waals surface area contributed by atoms with E-state index in [9.17, 15) is 13.4 Å². The van der Waals surface area contributed by atoms with Gasteiger partial charge in [-0.3, -0.25) is 9.00 Å². The van der Waals surface area contributed by atoms with Crippen molar-refractivity contribution < 1.29 is 13.4 Å². The summed E-state index contributed by atoms with van der Waals surface area (Å²) in [5, 5.41) is 2.81. The Kier molecular flexibility index (Phi) is 7.12. The molecule has 0 aliphatic heterocycles. The predicted octanol–water partition coefficient (Wildman–Crippen LogP) is 3.38. The average Bonchev–Trinajstić information content (AvgIpc) is 2.56. The van der Waals surface area contributed by atoms with Gasteiger partial charge in [-0.1, -0.05) is 49.4 Å². The minimum absolute atomic E-state index is 0.0143. The fourth-order valence-electron chi connectivity index (χ4n) is 2.40. The predicted molar refractivity (Wildman–Crippen MR) is 95.6 cm³/mol. The smallest absolute Gasteiger partial charge is 0.220 e. The van der Waals surface area contributed by atoms with Gasteiger partial charge in [-0.05, 0) is 29.2 Å². The van der Waals surface area contributed by atoms with E-state index in [1.165, 1.54) is 12.1 Å². The van der Waals surface area contributed by atoms with Gasteiger partial charge in [0.1, 0.15) is 5.82 Å². The van der Waals surface area contributed by atoms with E-state index < -0.39 is 10.8 Å². The van der Waals surface area contributed by atoms with Crippen LogP contribution in [0.1, 0.15) is 30.4 Å². The summed E-state index contributed by atoms with van der Waals surface area (Å²) in [5.74, 6) is 0.592. The molecule has 0 heterocycles. The maximum Gasteiger partial charge on any atom is 0.220 e. The highest BCUT2D eigenvalue weighted by Crippen LogP contribution is 2.18. The maximum absolute atomic E-state index is 12.9. The highest BCUT2D eigenvalue weighted by atomic mass is 32.2. The van der Waals surface area contributed by atoms with Crippen molar-refractivity contribution in [1.82, 2.24) is 5.32 Å². The summed E-state index contributed by atoms with van der Waals surface area (Å²) in [7, 11) is -0.995. The largest absolute Gasteiger partial charge is 0.355 e. The van der Waals surface area contributed by atoms with Gasteiger partial charge in [0.25, 0.3) is 0 Å². The Hall–Kier alpha value is -2.01. The third-order valence-corrected chi connectivity index (χ3v) is 5.07. The Balaban J connectivity index is 1.69. The van der Waals surface area contributed by atoms with E-state index in [2.05, 4.69) is 5.32 Å². The van der Waals surface area contributed by atoms with Crippen molar-refractivity contribution in [3.63, 3.8) is 0 Å². The summed E-state index contributed by atoms with van der Waals surface area (Å²) in [6, 6.07) is 15.9. The fraction of sp³-hybridized carbons (Fsp3) is 0.316. The van der Waals surface area contributed by atoms with E-state index >= 15 is 0 Å². The molecule has 0 spiro atoms. The summed E-state index contributed by atoms with van der Waals surface area (Å²) in [4.78, 5) is 11.9. The molecule has 0 radical (unpaired) electrons. The first-order chi connectivity index (χ1) is 11.5. The first kappa shape index (κ1) is 18.3. The lowest BCUT2D eigenvalue weighted by Gasteiger charge is -2.12. The summed E-state index contributed by atoms with van der Waals surface area (Å²) >= 11 is 0. The Morgan fingerprint density at radius 2 is 1.79 bits per heavy atom. The highest BCUT2D eigenvalue weighted by molar-refractivity contribution is 7.84. The summed E-state index contributed by atoms with van der Waals surface area (Å²) < 4.78 is 24.9. The van der Waals surface area contributed by atoms with Gasteiger partial charge in [-0.15, -0.1) is 0 Å². The van der Waals surface area contributed by atoms with Crippen LogP contribution in [-0.4, -0.2) is 22.4 Å². The quantitative estimate of drug-likeness (QED) is 0.796. The lowest BCUT2D eigenvalue weighted by molar-refractivity contribution is -0.121. The first-order valence-electron chi connectivity index (χ1n) is 7.95. The molecule has 2 rings (SSSR count). The minimum atomic E-state index is -0.995. The molecule has 2 aromatic carbocycles. The number of halogens is 1. The van der Waals surface area contributed by atoms with E-state index in [1.807, 2.05) is 37.3 Å². The number of nitrogens with one attached hydrogen (secondary N) is 1. The van der Waals surface area contributed by atoms with Gasteiger partial charge in [0.05, 0.1) is 0 Å². The third kappa shape index (κ3) is 6.24. The SMILES string of the molecule is CC(CC(=O)NCCS(=O)Cc1ccccc1)c1ccc(F)cc1. The van der Waals surface area contributed by atoms with Gasteiger partial charge in [0.2, 0.25) is 5.91 Å². The molecule has 2 aromatic rings. The van der Waals surface area contributed by atoms with Crippen LogP contribution in [0.3, 0.4) is 0 Å². The second-order valence-electron chi connectivity index (χ2n) is 5.78. The zero-order valence-electron chi connectivity index (χ0n) is 13.7. The van der Waals surface area contributed by atoms with Gasteiger partial charge in [0, 0.05) is 35.3 Å². The normalized spacial score (nSPS) is 13.2. The van der Waals surface area contributed by atoms with Crippen molar-refractivity contribution in [2.75, 3.05) is 12.3 Å². The molecule has 5 heteroatoms. The molecule has 24 heavy (non-hydrogen) atoms. The highest BCUT2D eigenvalue weighted by Gasteiger charge is 2.11. The molecular weight excluding hydrogens is 325 g/mol. The van der Waals surface area contributed by atoms with Crippen LogP contribution in [0, 0.1) is 5.82 Å². The van der Waals surface area contributed by atoms with Crippen molar-refractivity contribution in [2.45, 2.75) is 25.0 Å². The molecule has 2 unspecified atom stereocenters. The van der Waals surface area contributed by atoms with Crippen molar-refractivity contribution in [3.8, 4) is 0 Å². The molecule has 0 saturated heterocycles. The minimum Gasteiger partial charge on any atom is -0.355 e. The number of rotatable bonds is 8. The molecule has 0 bridgehead atoms. The Morgan fingerprint density at radius 3 is 2.46 bits per heavy atom. The zero-order valence-corrected chi connectivity index (χ0v) is 14.5. The van der Waals surface area contributed by atoms with E-state index in [0.717, 1.165) is 11.1 Å². The van der Waals surface area contributed by atoms with E-state index in [-0.39, 0.29) is 17.6 Å². The second kappa shape index (κ2) is 9.33. The summed E-state index contributed by atoms with van der Waals surface area (Å²) in [6.45, 7) is 2.33. The molecule has 3 nitrogen and oxygen atoms in total. The number of hydrogen-bond donors (Lipinski definition) is 1. The fourth-order valence-corrected chi connectivity index (χ4v) is 3.43. The maximum atomic E-state index is 12.9. The van der Waals surface area contributed by atoms with Crippen LogP contribution >= 0.6 is 0 Å². The molecule has 0 saturated carbocycles. The van der Waals surface area contributed by atoms with Crippen LogP contribution in [0.15, 0.2) is 54.6 Å². The molecule has 128 valence electrons. The summed E-state index contributed by atoms with van der Waals surface area (Å²) in [6.07, 6.45) is 0.330. The molecule has 1 N–H and O–H groups in total. The first-order valence-corrected chi connectivity index (χ1v) is 9.44. The average molecular weight is 347 g/mol. The number of hydrogen-bond acceptors (Lipinski definition) is 2. The van der Waals surface area contributed by atoms with Crippen LogP contribution in [0.25, 0.3) is 0 Å². The van der Waals surface area contributed by atoms with Gasteiger partial charge < -0.3 is 5.32 Å². The van der Waals surface area contributed by atoms with Crippen molar-refractivity contribution in [1.29, 1.82) is 0 Å². The molecule has 0 fully saturated rings. The lowest BCUT2D eigenvalue weighted by atomic mass is 9.97. The monoisotopic (exact) mass is 347 g/mol. The standard InChI is InChI=1S/C19H22FNO2S/c1-15(17-7-9-18(20)10-8-17)13-19(22)21-11-12-24(23)14-16-5-3-2-4-6-16/h2-10,15H,11-14H2,1H3,(H,21,22). The van der Waals surface area contributed by atoms with Crippen LogP contribution in [0.5, 0.6) is 0 Å². The van der Waals surface area contributed by atoms with Crippen LogP contribution in [0.4, 0.5) is 4.39 Å². The van der Waals surface area contributed by atoms with E-state index in [0.29, 0.717) is 24.5 Å². The molecule has 1 amide bonds. The summed E-state index contributed by atoms with van der Waals surface area (Å²) in [5.41, 5.74) is 1.96. The van der Waals surface area contributed by atoms with Gasteiger partial charge >= 0.3 is 0 Å². The molecule has 0 aliphatic carbocycles. The number of benzene rings is 2. The number of carbonyl (C=O) groups is 1. The van der Waals surface area contributed by atoms with Crippen molar-refractivity contribution in [2.24, 2.45) is 0 Å².